The molecular weight excluding hydrogens is 360 g/mol. The molecule has 0 fully saturated rings. The van der Waals surface area contributed by atoms with Crippen LogP contribution in [0.4, 0.5) is 5.69 Å². The Morgan fingerprint density at radius 2 is 1.59 bits per heavy atom. The molecule has 4 rings (SSSR count). The largest absolute Gasteiger partial charge is 0.322 e. The van der Waals surface area contributed by atoms with Crippen LogP contribution in [0, 0.1) is 13.8 Å². The number of hydrogen-bond donors (Lipinski definition) is 1. The zero-order valence-electron chi connectivity index (χ0n) is 16.5. The number of amides is 1. The molecule has 0 radical (unpaired) electrons. The van der Waals surface area contributed by atoms with Crippen LogP contribution in [0.3, 0.4) is 0 Å². The number of carbonyl (C=O) groups excluding carboxylic acids is 1. The number of para-hydroxylation sites is 1. The second-order valence-corrected chi connectivity index (χ2v) is 7.30. The van der Waals surface area contributed by atoms with Crippen LogP contribution in [0.1, 0.15) is 27.0 Å². The van der Waals surface area contributed by atoms with E-state index in [2.05, 4.69) is 4.98 Å². The molecule has 0 bridgehead atoms. The number of nitrogens with zero attached hydrogens (tertiary/aromatic N) is 1. The molecule has 1 aromatic heterocycles. The normalized spacial score (nSPS) is 10.8. The van der Waals surface area contributed by atoms with Gasteiger partial charge in [-0.15, -0.1) is 0 Å². The summed E-state index contributed by atoms with van der Waals surface area (Å²) in [5.41, 5.74) is 4.93. The quantitative estimate of drug-likeness (QED) is 0.540. The molecular formula is C25H22N2O2. The minimum absolute atomic E-state index is 0.0938. The lowest BCUT2D eigenvalue weighted by molar-refractivity contribution is 0.0985. The van der Waals surface area contributed by atoms with Gasteiger partial charge in [0.05, 0.1) is 6.54 Å². The van der Waals surface area contributed by atoms with Crippen LogP contribution >= 0.6 is 0 Å². The summed E-state index contributed by atoms with van der Waals surface area (Å²) in [5.74, 6) is -0.0938. The van der Waals surface area contributed by atoms with Crippen LogP contribution in [0.2, 0.25) is 0 Å². The van der Waals surface area contributed by atoms with E-state index in [-0.39, 0.29) is 11.5 Å². The molecule has 144 valence electrons. The predicted octanol–water partition coefficient (Wildman–Crippen LogP) is 4.99. The molecule has 0 aliphatic rings. The number of anilines is 1. The van der Waals surface area contributed by atoms with E-state index in [0.29, 0.717) is 12.1 Å². The van der Waals surface area contributed by atoms with E-state index in [9.17, 15) is 9.59 Å². The van der Waals surface area contributed by atoms with Crippen molar-refractivity contribution in [2.45, 2.75) is 20.4 Å². The Bertz CT molecular complexity index is 1260. The molecule has 0 saturated heterocycles. The average molecular weight is 382 g/mol. The van der Waals surface area contributed by atoms with Crippen LogP contribution in [-0.4, -0.2) is 10.9 Å². The van der Waals surface area contributed by atoms with E-state index in [1.807, 2.05) is 86.6 Å². The summed E-state index contributed by atoms with van der Waals surface area (Å²) in [7, 11) is 0. The van der Waals surface area contributed by atoms with Gasteiger partial charge in [0.1, 0.15) is 0 Å². The van der Waals surface area contributed by atoms with Crippen molar-refractivity contribution in [1.82, 2.24) is 4.98 Å². The van der Waals surface area contributed by atoms with Gasteiger partial charge in [0.15, 0.2) is 0 Å². The Labute approximate surface area is 169 Å². The molecule has 1 N–H and O–H groups in total. The number of hydrogen-bond acceptors (Lipinski definition) is 2. The third-order valence-electron chi connectivity index (χ3n) is 4.99. The van der Waals surface area contributed by atoms with Gasteiger partial charge in [-0.1, -0.05) is 48.0 Å². The first kappa shape index (κ1) is 18.7. The molecule has 29 heavy (non-hydrogen) atoms. The standard InChI is InChI=1S/C25H22N2O2/c1-17-7-5-9-19(13-17)25(29)27(21-10-6-8-18(2)14-21)16-20-15-24(28)26-23-12-4-3-11-22(20)23/h3-15H,16H2,1-2H3,(H,26,28). The SMILES string of the molecule is Cc1cccc(C(=O)N(Cc2cc(=O)[nH]c3ccccc23)c2cccc(C)c2)c1. The number of carbonyl (C=O) groups is 1. The third-order valence-corrected chi connectivity index (χ3v) is 4.99. The summed E-state index contributed by atoms with van der Waals surface area (Å²) in [6.07, 6.45) is 0. The summed E-state index contributed by atoms with van der Waals surface area (Å²) in [5, 5.41) is 0.932. The van der Waals surface area contributed by atoms with Crippen molar-refractivity contribution >= 4 is 22.5 Å². The Kier molecular flexibility index (Phi) is 5.00. The molecule has 4 aromatic rings. The van der Waals surface area contributed by atoms with E-state index >= 15 is 0 Å². The fourth-order valence-electron chi connectivity index (χ4n) is 3.59. The molecule has 4 nitrogen and oxygen atoms in total. The zero-order chi connectivity index (χ0) is 20.4. The minimum Gasteiger partial charge on any atom is -0.322 e. The number of H-pyrrole nitrogens is 1. The van der Waals surface area contributed by atoms with Gasteiger partial charge in [0, 0.05) is 28.2 Å². The maximum Gasteiger partial charge on any atom is 0.258 e. The fraction of sp³-hybridized carbons (Fsp3) is 0.120. The van der Waals surface area contributed by atoms with Gasteiger partial charge in [0.2, 0.25) is 5.56 Å². The minimum atomic E-state index is -0.175. The Balaban J connectivity index is 1.83. The van der Waals surface area contributed by atoms with Gasteiger partial charge in [-0.3, -0.25) is 9.59 Å². The van der Waals surface area contributed by atoms with E-state index in [0.717, 1.165) is 33.3 Å². The molecule has 1 heterocycles. The lowest BCUT2D eigenvalue weighted by Gasteiger charge is -2.24. The smallest absolute Gasteiger partial charge is 0.258 e. The number of fused-ring (bicyclic) bond motifs is 1. The van der Waals surface area contributed by atoms with E-state index in [1.165, 1.54) is 0 Å². The highest BCUT2D eigenvalue weighted by atomic mass is 16.2. The van der Waals surface area contributed by atoms with Gasteiger partial charge in [0.25, 0.3) is 5.91 Å². The lowest BCUT2D eigenvalue weighted by atomic mass is 10.1. The van der Waals surface area contributed by atoms with Crippen molar-refractivity contribution in [3.8, 4) is 0 Å². The molecule has 0 spiro atoms. The molecule has 1 amide bonds. The van der Waals surface area contributed by atoms with E-state index in [4.69, 9.17) is 0 Å². The van der Waals surface area contributed by atoms with Crippen molar-refractivity contribution in [3.63, 3.8) is 0 Å². The van der Waals surface area contributed by atoms with E-state index < -0.39 is 0 Å². The third kappa shape index (κ3) is 3.97. The first-order valence-corrected chi connectivity index (χ1v) is 9.57. The number of rotatable bonds is 4. The van der Waals surface area contributed by atoms with Crippen molar-refractivity contribution in [2.24, 2.45) is 0 Å². The van der Waals surface area contributed by atoms with Gasteiger partial charge in [-0.25, -0.2) is 0 Å². The number of pyridine rings is 1. The Morgan fingerprint density at radius 3 is 2.34 bits per heavy atom. The first-order valence-electron chi connectivity index (χ1n) is 9.57. The second kappa shape index (κ2) is 7.76. The molecule has 0 aliphatic carbocycles. The van der Waals surface area contributed by atoms with Crippen molar-refractivity contribution in [2.75, 3.05) is 4.90 Å². The van der Waals surface area contributed by atoms with Gasteiger partial charge >= 0.3 is 0 Å². The molecule has 0 saturated carbocycles. The van der Waals surface area contributed by atoms with Crippen LogP contribution in [0.25, 0.3) is 10.9 Å². The fourth-order valence-corrected chi connectivity index (χ4v) is 3.59. The Hall–Kier alpha value is -3.66. The molecule has 0 aliphatic heterocycles. The molecule has 3 aromatic carbocycles. The van der Waals surface area contributed by atoms with Crippen LogP contribution in [-0.2, 0) is 6.54 Å². The van der Waals surface area contributed by atoms with Gasteiger partial charge < -0.3 is 9.88 Å². The lowest BCUT2D eigenvalue weighted by Crippen LogP contribution is -2.31. The van der Waals surface area contributed by atoms with Crippen molar-refractivity contribution in [3.05, 3.63) is 111 Å². The predicted molar refractivity (Wildman–Crippen MR) is 117 cm³/mol. The topological polar surface area (TPSA) is 53.2 Å². The number of aromatic amines is 1. The van der Waals surface area contributed by atoms with Crippen LogP contribution in [0.15, 0.2) is 83.7 Å². The number of benzene rings is 3. The molecule has 0 atom stereocenters. The number of nitrogens with one attached hydrogen (secondary N) is 1. The van der Waals surface area contributed by atoms with Crippen molar-refractivity contribution in [1.29, 1.82) is 0 Å². The first-order chi connectivity index (χ1) is 14.0. The van der Waals surface area contributed by atoms with Crippen LogP contribution in [0.5, 0.6) is 0 Å². The summed E-state index contributed by atoms with van der Waals surface area (Å²) >= 11 is 0. The number of aromatic nitrogens is 1. The summed E-state index contributed by atoms with van der Waals surface area (Å²) in [4.78, 5) is 30.3. The zero-order valence-corrected chi connectivity index (χ0v) is 16.5. The summed E-state index contributed by atoms with van der Waals surface area (Å²) in [6, 6.07) is 24.7. The molecule has 4 heteroatoms. The Morgan fingerprint density at radius 1 is 0.862 bits per heavy atom. The van der Waals surface area contributed by atoms with Crippen LogP contribution < -0.4 is 10.5 Å². The molecule has 0 unspecified atom stereocenters. The highest BCUT2D eigenvalue weighted by Crippen LogP contribution is 2.24. The second-order valence-electron chi connectivity index (χ2n) is 7.30. The van der Waals surface area contributed by atoms with Gasteiger partial charge in [-0.2, -0.15) is 0 Å². The van der Waals surface area contributed by atoms with Gasteiger partial charge in [-0.05, 0) is 55.3 Å². The van der Waals surface area contributed by atoms with Crippen molar-refractivity contribution < 1.29 is 4.79 Å². The highest BCUT2D eigenvalue weighted by Gasteiger charge is 2.20. The summed E-state index contributed by atoms with van der Waals surface area (Å²) < 4.78 is 0. The monoisotopic (exact) mass is 382 g/mol. The average Bonchev–Trinajstić information content (AvgIpc) is 2.71. The highest BCUT2D eigenvalue weighted by molar-refractivity contribution is 6.06. The van der Waals surface area contributed by atoms with E-state index in [1.54, 1.807) is 11.0 Å². The maximum atomic E-state index is 13.5. The maximum absolute atomic E-state index is 13.5. The number of aryl methyl sites for hydroxylation is 2. The summed E-state index contributed by atoms with van der Waals surface area (Å²) in [6.45, 7) is 4.28.